The van der Waals surface area contributed by atoms with Gasteiger partial charge in [-0.3, -0.25) is 4.79 Å². The highest BCUT2D eigenvalue weighted by atomic mass is 16.5. The molecule has 0 bridgehead atoms. The highest BCUT2D eigenvalue weighted by molar-refractivity contribution is 5.77. The Morgan fingerprint density at radius 1 is 1.21 bits per heavy atom. The monoisotopic (exact) mass is 264 g/mol. The summed E-state index contributed by atoms with van der Waals surface area (Å²) in [5.74, 6) is 0.905. The summed E-state index contributed by atoms with van der Waals surface area (Å²) in [7, 11) is 1.63. The highest BCUT2D eigenvalue weighted by Crippen LogP contribution is 2.12. The van der Waals surface area contributed by atoms with Gasteiger partial charge in [-0.15, -0.1) is 0 Å². The average molecular weight is 264 g/mol. The van der Waals surface area contributed by atoms with E-state index in [1.54, 1.807) is 7.05 Å². The number of benzene rings is 1. The van der Waals surface area contributed by atoms with Crippen LogP contribution in [0.2, 0.25) is 0 Å². The Morgan fingerprint density at radius 3 is 2.58 bits per heavy atom. The van der Waals surface area contributed by atoms with E-state index in [2.05, 4.69) is 17.6 Å². The summed E-state index contributed by atoms with van der Waals surface area (Å²) < 4.78 is 5.64. The molecule has 2 N–H and O–H groups in total. The summed E-state index contributed by atoms with van der Waals surface area (Å²) in [4.78, 5) is 11.0. The van der Waals surface area contributed by atoms with Gasteiger partial charge in [0.25, 0.3) is 0 Å². The molecule has 106 valence electrons. The molecule has 4 nitrogen and oxygen atoms in total. The molecule has 0 aliphatic rings. The van der Waals surface area contributed by atoms with Crippen LogP contribution < -0.4 is 15.4 Å². The van der Waals surface area contributed by atoms with Crippen LogP contribution in [0.1, 0.15) is 31.7 Å². The number of hydrogen-bond acceptors (Lipinski definition) is 3. The smallest absolute Gasteiger partial charge is 0.233 e. The maximum atomic E-state index is 11.0. The Hall–Kier alpha value is -1.55. The summed E-state index contributed by atoms with van der Waals surface area (Å²) in [6, 6.07) is 7.99. The number of amides is 1. The van der Waals surface area contributed by atoms with Crippen molar-refractivity contribution >= 4 is 5.91 Å². The van der Waals surface area contributed by atoms with Crippen molar-refractivity contribution < 1.29 is 9.53 Å². The fourth-order valence-electron chi connectivity index (χ4n) is 1.65. The zero-order valence-electron chi connectivity index (χ0n) is 11.9. The molecular formula is C15H24N2O2. The second-order valence-corrected chi connectivity index (χ2v) is 4.48. The van der Waals surface area contributed by atoms with E-state index >= 15 is 0 Å². The predicted octanol–water partition coefficient (Wildman–Crippen LogP) is 2.09. The zero-order chi connectivity index (χ0) is 13.9. The summed E-state index contributed by atoms with van der Waals surface area (Å²) in [5.41, 5.74) is 1.14. The van der Waals surface area contributed by atoms with Crippen molar-refractivity contribution in [3.63, 3.8) is 0 Å². The highest BCUT2D eigenvalue weighted by Gasteiger charge is 1.98. The number of nitrogens with one attached hydrogen (secondary N) is 2. The van der Waals surface area contributed by atoms with Gasteiger partial charge in [0, 0.05) is 13.6 Å². The minimum absolute atomic E-state index is 0.00382. The van der Waals surface area contributed by atoms with Gasteiger partial charge in [-0.1, -0.05) is 31.9 Å². The molecule has 19 heavy (non-hydrogen) atoms. The first-order chi connectivity index (χ1) is 9.26. The van der Waals surface area contributed by atoms with E-state index in [-0.39, 0.29) is 5.91 Å². The fraction of sp³-hybridized carbons (Fsp3) is 0.533. The van der Waals surface area contributed by atoms with Gasteiger partial charge in [0.15, 0.2) is 0 Å². The number of carbonyl (C=O) groups is 1. The number of hydrogen-bond donors (Lipinski definition) is 2. The number of rotatable bonds is 9. The standard InChI is InChI=1S/C15H24N2O2/c1-3-4-5-10-19-14-8-6-13(7-9-14)11-17-12-15(18)16-2/h6-9,17H,3-5,10-12H2,1-2H3,(H,16,18). The third kappa shape index (κ3) is 6.82. The Morgan fingerprint density at radius 2 is 1.95 bits per heavy atom. The molecule has 0 unspecified atom stereocenters. The van der Waals surface area contributed by atoms with Gasteiger partial charge in [0.2, 0.25) is 5.91 Å². The molecule has 0 aliphatic heterocycles. The molecule has 4 heteroatoms. The number of carbonyl (C=O) groups excluding carboxylic acids is 1. The topological polar surface area (TPSA) is 50.4 Å². The Balaban J connectivity index is 2.25. The SMILES string of the molecule is CCCCCOc1ccc(CNCC(=O)NC)cc1. The van der Waals surface area contributed by atoms with Crippen LogP contribution in [0.25, 0.3) is 0 Å². The fourth-order valence-corrected chi connectivity index (χ4v) is 1.65. The lowest BCUT2D eigenvalue weighted by Crippen LogP contribution is -2.30. The number of ether oxygens (including phenoxy) is 1. The van der Waals surface area contributed by atoms with Crippen LogP contribution >= 0.6 is 0 Å². The van der Waals surface area contributed by atoms with Crippen molar-refractivity contribution in [2.24, 2.45) is 0 Å². The van der Waals surface area contributed by atoms with Crippen molar-refractivity contribution in [1.29, 1.82) is 0 Å². The summed E-state index contributed by atoms with van der Waals surface area (Å²) in [6.45, 7) is 3.98. The minimum atomic E-state index is -0.00382. The average Bonchev–Trinajstić information content (AvgIpc) is 2.45. The van der Waals surface area contributed by atoms with Crippen LogP contribution in [0.5, 0.6) is 5.75 Å². The summed E-state index contributed by atoms with van der Waals surface area (Å²) >= 11 is 0. The molecular weight excluding hydrogens is 240 g/mol. The zero-order valence-corrected chi connectivity index (χ0v) is 11.9. The minimum Gasteiger partial charge on any atom is -0.494 e. The Labute approximate surface area is 115 Å². The molecule has 1 aromatic rings. The molecule has 1 aromatic carbocycles. The van der Waals surface area contributed by atoms with Crippen molar-refractivity contribution in [2.75, 3.05) is 20.2 Å². The molecule has 1 rings (SSSR count). The van der Waals surface area contributed by atoms with Crippen molar-refractivity contribution in [2.45, 2.75) is 32.7 Å². The first-order valence-electron chi connectivity index (χ1n) is 6.89. The largest absolute Gasteiger partial charge is 0.494 e. The van der Waals surface area contributed by atoms with E-state index in [9.17, 15) is 4.79 Å². The number of likely N-dealkylation sites (N-methyl/N-ethyl adjacent to an activating group) is 1. The van der Waals surface area contributed by atoms with E-state index in [4.69, 9.17) is 4.74 Å². The Bertz CT molecular complexity index is 363. The molecule has 1 amide bonds. The van der Waals surface area contributed by atoms with E-state index in [1.165, 1.54) is 12.8 Å². The third-order valence-electron chi connectivity index (χ3n) is 2.83. The van der Waals surface area contributed by atoms with Gasteiger partial charge < -0.3 is 15.4 Å². The Kier molecular flexibility index (Phi) is 7.66. The maximum Gasteiger partial charge on any atom is 0.233 e. The van der Waals surface area contributed by atoms with Crippen LogP contribution in [0.4, 0.5) is 0 Å². The summed E-state index contributed by atoms with van der Waals surface area (Å²) in [5, 5.41) is 5.65. The van der Waals surface area contributed by atoms with E-state index in [1.807, 2.05) is 24.3 Å². The first kappa shape index (κ1) is 15.5. The maximum absolute atomic E-state index is 11.0. The molecule has 0 atom stereocenters. The third-order valence-corrected chi connectivity index (χ3v) is 2.83. The molecule has 0 saturated carbocycles. The number of unbranched alkanes of at least 4 members (excludes halogenated alkanes) is 2. The van der Waals surface area contributed by atoms with Gasteiger partial charge >= 0.3 is 0 Å². The lowest BCUT2D eigenvalue weighted by atomic mass is 10.2. The van der Waals surface area contributed by atoms with Gasteiger partial charge in [-0.2, -0.15) is 0 Å². The van der Waals surface area contributed by atoms with Gasteiger partial charge in [0.05, 0.1) is 13.2 Å². The molecule has 0 radical (unpaired) electrons. The van der Waals surface area contributed by atoms with Crippen molar-refractivity contribution in [1.82, 2.24) is 10.6 Å². The molecule has 0 saturated heterocycles. The molecule has 0 heterocycles. The van der Waals surface area contributed by atoms with Crippen molar-refractivity contribution in [3.05, 3.63) is 29.8 Å². The predicted molar refractivity (Wildman–Crippen MR) is 77.2 cm³/mol. The van der Waals surface area contributed by atoms with Crippen LogP contribution in [-0.2, 0) is 11.3 Å². The van der Waals surface area contributed by atoms with E-state index in [0.29, 0.717) is 13.1 Å². The lowest BCUT2D eigenvalue weighted by Gasteiger charge is -2.07. The molecule has 0 spiro atoms. The summed E-state index contributed by atoms with van der Waals surface area (Å²) in [6.07, 6.45) is 3.52. The van der Waals surface area contributed by atoms with Gasteiger partial charge in [-0.25, -0.2) is 0 Å². The van der Waals surface area contributed by atoms with Gasteiger partial charge in [-0.05, 0) is 24.1 Å². The quantitative estimate of drug-likeness (QED) is 0.672. The first-order valence-corrected chi connectivity index (χ1v) is 6.89. The van der Waals surface area contributed by atoms with Crippen LogP contribution in [0.3, 0.4) is 0 Å². The van der Waals surface area contributed by atoms with Gasteiger partial charge in [0.1, 0.15) is 5.75 Å². The van der Waals surface area contributed by atoms with Crippen molar-refractivity contribution in [3.8, 4) is 5.75 Å². The van der Waals surface area contributed by atoms with E-state index in [0.717, 1.165) is 24.3 Å². The van der Waals surface area contributed by atoms with Crippen LogP contribution in [-0.4, -0.2) is 26.1 Å². The molecule has 0 aromatic heterocycles. The van der Waals surface area contributed by atoms with Crippen LogP contribution in [0, 0.1) is 0 Å². The normalized spacial score (nSPS) is 10.2. The second kappa shape index (κ2) is 9.39. The van der Waals surface area contributed by atoms with Crippen LogP contribution in [0.15, 0.2) is 24.3 Å². The lowest BCUT2D eigenvalue weighted by molar-refractivity contribution is -0.119. The second-order valence-electron chi connectivity index (χ2n) is 4.48. The van der Waals surface area contributed by atoms with E-state index < -0.39 is 0 Å². The molecule has 0 fully saturated rings. The molecule has 0 aliphatic carbocycles.